The van der Waals surface area contributed by atoms with Gasteiger partial charge in [0.05, 0.1) is 6.42 Å². The Hall–Kier alpha value is -0.570. The highest BCUT2D eigenvalue weighted by molar-refractivity contribution is 5.67. The predicted molar refractivity (Wildman–Crippen MR) is 63.0 cm³/mol. The summed E-state index contributed by atoms with van der Waals surface area (Å²) in [6.45, 7) is 10.6. The number of rotatable bonds is 6. The highest BCUT2D eigenvalue weighted by Crippen LogP contribution is 2.22. The van der Waals surface area contributed by atoms with Crippen LogP contribution in [-0.2, 0) is 4.79 Å². The van der Waals surface area contributed by atoms with Gasteiger partial charge in [-0.15, -0.1) is 0 Å². The SMILES string of the molecule is CCC(C)NC(CC(=O)O)CC(C)(C)C. The molecule has 2 N–H and O–H groups in total. The Bertz CT molecular complexity index is 196. The van der Waals surface area contributed by atoms with Crippen molar-refractivity contribution in [2.45, 2.75) is 66.0 Å². The summed E-state index contributed by atoms with van der Waals surface area (Å²) in [6.07, 6.45) is 2.13. The van der Waals surface area contributed by atoms with Gasteiger partial charge in [0.15, 0.2) is 0 Å². The van der Waals surface area contributed by atoms with Crippen LogP contribution in [0.3, 0.4) is 0 Å². The van der Waals surface area contributed by atoms with E-state index in [1.54, 1.807) is 0 Å². The van der Waals surface area contributed by atoms with Crippen LogP contribution in [0.4, 0.5) is 0 Å². The number of nitrogens with one attached hydrogen (secondary N) is 1. The molecule has 0 saturated heterocycles. The number of aliphatic carboxylic acids is 1. The van der Waals surface area contributed by atoms with Crippen molar-refractivity contribution < 1.29 is 9.90 Å². The van der Waals surface area contributed by atoms with E-state index in [4.69, 9.17) is 5.11 Å². The minimum Gasteiger partial charge on any atom is -0.481 e. The van der Waals surface area contributed by atoms with E-state index >= 15 is 0 Å². The number of hydrogen-bond acceptors (Lipinski definition) is 2. The van der Waals surface area contributed by atoms with Gasteiger partial charge in [-0.05, 0) is 25.2 Å². The zero-order valence-electron chi connectivity index (χ0n) is 10.6. The van der Waals surface area contributed by atoms with Gasteiger partial charge in [-0.2, -0.15) is 0 Å². The number of carbonyl (C=O) groups is 1. The van der Waals surface area contributed by atoms with Crippen molar-refractivity contribution in [1.29, 1.82) is 0 Å². The summed E-state index contributed by atoms with van der Waals surface area (Å²) in [5.41, 5.74) is 0.167. The minimum absolute atomic E-state index is 0.0810. The van der Waals surface area contributed by atoms with Crippen LogP contribution in [-0.4, -0.2) is 23.2 Å². The molecule has 0 aliphatic carbocycles. The number of hydrogen-bond donors (Lipinski definition) is 2. The Morgan fingerprint density at radius 2 is 1.93 bits per heavy atom. The van der Waals surface area contributed by atoms with Gasteiger partial charge in [-0.25, -0.2) is 0 Å². The third kappa shape index (κ3) is 8.43. The zero-order valence-corrected chi connectivity index (χ0v) is 10.6. The Kier molecular flexibility index (Phi) is 5.88. The lowest BCUT2D eigenvalue weighted by Gasteiger charge is -2.28. The molecule has 0 saturated carbocycles. The lowest BCUT2D eigenvalue weighted by Crippen LogP contribution is -2.40. The first-order valence-electron chi connectivity index (χ1n) is 5.72. The summed E-state index contributed by atoms with van der Waals surface area (Å²) in [6, 6.07) is 0.467. The molecule has 0 aromatic rings. The van der Waals surface area contributed by atoms with E-state index in [1.165, 1.54) is 0 Å². The molecule has 0 radical (unpaired) electrons. The lowest BCUT2D eigenvalue weighted by molar-refractivity contribution is -0.137. The van der Waals surface area contributed by atoms with Crippen LogP contribution in [0.5, 0.6) is 0 Å². The highest BCUT2D eigenvalue weighted by atomic mass is 16.4. The monoisotopic (exact) mass is 215 g/mol. The normalized spacial score (nSPS) is 16.1. The summed E-state index contributed by atoms with van der Waals surface area (Å²) < 4.78 is 0. The Labute approximate surface area is 93.3 Å². The minimum atomic E-state index is -0.722. The van der Waals surface area contributed by atoms with Gasteiger partial charge in [-0.3, -0.25) is 4.79 Å². The van der Waals surface area contributed by atoms with Crippen LogP contribution >= 0.6 is 0 Å². The number of carboxylic acid groups (broad SMARTS) is 1. The average molecular weight is 215 g/mol. The largest absolute Gasteiger partial charge is 0.481 e. The molecule has 0 fully saturated rings. The van der Waals surface area contributed by atoms with E-state index < -0.39 is 5.97 Å². The molecule has 3 heteroatoms. The van der Waals surface area contributed by atoms with Gasteiger partial charge in [0.25, 0.3) is 0 Å². The van der Waals surface area contributed by atoms with Crippen LogP contribution in [0.15, 0.2) is 0 Å². The van der Waals surface area contributed by atoms with Gasteiger partial charge in [0.2, 0.25) is 0 Å². The Morgan fingerprint density at radius 3 is 2.27 bits per heavy atom. The van der Waals surface area contributed by atoms with E-state index in [-0.39, 0.29) is 17.9 Å². The summed E-state index contributed by atoms with van der Waals surface area (Å²) in [7, 11) is 0. The maximum Gasteiger partial charge on any atom is 0.304 e. The van der Waals surface area contributed by atoms with Gasteiger partial charge in [0.1, 0.15) is 0 Å². The van der Waals surface area contributed by atoms with E-state index in [9.17, 15) is 4.79 Å². The zero-order chi connectivity index (χ0) is 12.1. The van der Waals surface area contributed by atoms with Crippen LogP contribution in [0, 0.1) is 5.41 Å². The molecule has 0 bridgehead atoms. The van der Waals surface area contributed by atoms with Crippen LogP contribution in [0.1, 0.15) is 53.9 Å². The molecular weight excluding hydrogens is 190 g/mol. The van der Waals surface area contributed by atoms with Crippen molar-refractivity contribution in [3.63, 3.8) is 0 Å². The van der Waals surface area contributed by atoms with Gasteiger partial charge >= 0.3 is 5.97 Å². The molecule has 0 aliphatic heterocycles. The molecule has 90 valence electrons. The molecule has 0 aromatic heterocycles. The predicted octanol–water partition coefficient (Wildman–Crippen LogP) is 2.65. The maximum atomic E-state index is 10.7. The van der Waals surface area contributed by atoms with Crippen LogP contribution < -0.4 is 5.32 Å². The summed E-state index contributed by atoms with van der Waals surface area (Å²) >= 11 is 0. The number of carboxylic acids is 1. The fourth-order valence-corrected chi connectivity index (χ4v) is 1.66. The molecule has 15 heavy (non-hydrogen) atoms. The second kappa shape index (κ2) is 6.11. The quantitative estimate of drug-likeness (QED) is 0.716. The first-order chi connectivity index (χ1) is 6.74. The second-order valence-electron chi connectivity index (χ2n) is 5.54. The second-order valence-corrected chi connectivity index (χ2v) is 5.54. The van der Waals surface area contributed by atoms with Crippen molar-refractivity contribution in [3.8, 4) is 0 Å². The highest BCUT2D eigenvalue weighted by Gasteiger charge is 2.21. The van der Waals surface area contributed by atoms with Gasteiger partial charge in [0, 0.05) is 12.1 Å². The van der Waals surface area contributed by atoms with E-state index in [0.29, 0.717) is 6.04 Å². The molecule has 0 heterocycles. The molecule has 0 spiro atoms. The van der Waals surface area contributed by atoms with E-state index in [2.05, 4.69) is 39.9 Å². The summed E-state index contributed by atoms with van der Waals surface area (Å²) in [5.74, 6) is -0.722. The van der Waals surface area contributed by atoms with Gasteiger partial charge < -0.3 is 10.4 Å². The average Bonchev–Trinajstić information content (AvgIpc) is 1.99. The van der Waals surface area contributed by atoms with E-state index in [0.717, 1.165) is 12.8 Å². The molecule has 0 rings (SSSR count). The molecule has 0 amide bonds. The van der Waals surface area contributed by atoms with Crippen molar-refractivity contribution in [1.82, 2.24) is 5.32 Å². The fourth-order valence-electron chi connectivity index (χ4n) is 1.66. The van der Waals surface area contributed by atoms with Crippen molar-refractivity contribution in [3.05, 3.63) is 0 Å². The summed E-state index contributed by atoms with van der Waals surface area (Å²) in [5, 5.41) is 12.2. The molecular formula is C12H25NO2. The molecule has 2 unspecified atom stereocenters. The molecule has 3 nitrogen and oxygen atoms in total. The standard InChI is InChI=1S/C12H25NO2/c1-6-9(2)13-10(7-11(14)15)8-12(3,4)5/h9-10,13H,6-8H2,1-5H3,(H,14,15). The Balaban J connectivity index is 4.24. The van der Waals surface area contributed by atoms with Gasteiger partial charge in [-0.1, -0.05) is 27.7 Å². The first-order valence-corrected chi connectivity index (χ1v) is 5.72. The smallest absolute Gasteiger partial charge is 0.304 e. The molecule has 0 aliphatic rings. The lowest BCUT2D eigenvalue weighted by atomic mass is 9.86. The van der Waals surface area contributed by atoms with E-state index in [1.807, 2.05) is 0 Å². The molecule has 2 atom stereocenters. The van der Waals surface area contributed by atoms with Crippen molar-refractivity contribution in [2.75, 3.05) is 0 Å². The topological polar surface area (TPSA) is 49.3 Å². The first kappa shape index (κ1) is 14.4. The Morgan fingerprint density at radius 1 is 1.40 bits per heavy atom. The third-order valence-electron chi connectivity index (χ3n) is 2.41. The molecule has 0 aromatic carbocycles. The van der Waals surface area contributed by atoms with Crippen molar-refractivity contribution >= 4 is 5.97 Å². The summed E-state index contributed by atoms with van der Waals surface area (Å²) in [4.78, 5) is 10.7. The van der Waals surface area contributed by atoms with Crippen LogP contribution in [0.2, 0.25) is 0 Å². The maximum absolute atomic E-state index is 10.7. The third-order valence-corrected chi connectivity index (χ3v) is 2.41. The fraction of sp³-hybridized carbons (Fsp3) is 0.917. The van der Waals surface area contributed by atoms with Crippen molar-refractivity contribution in [2.24, 2.45) is 5.41 Å². The van der Waals surface area contributed by atoms with Crippen LogP contribution in [0.25, 0.3) is 0 Å².